The maximum atomic E-state index is 14.3. The summed E-state index contributed by atoms with van der Waals surface area (Å²) in [5, 5.41) is 18.0. The number of anilines is 1. The van der Waals surface area contributed by atoms with E-state index in [1.807, 2.05) is 4.90 Å². The lowest BCUT2D eigenvalue weighted by Crippen LogP contribution is -2.53. The molecular weight excluding hydrogens is 269 g/mol. The van der Waals surface area contributed by atoms with Crippen molar-refractivity contribution in [2.75, 3.05) is 18.0 Å². The van der Waals surface area contributed by atoms with Gasteiger partial charge in [0.05, 0.1) is 11.3 Å². The largest absolute Gasteiger partial charge is 0.389 e. The molecule has 2 fully saturated rings. The molecule has 21 heavy (non-hydrogen) atoms. The first-order valence-electron chi connectivity index (χ1n) is 7.61. The number of hydrogen-bond acceptors (Lipinski definition) is 3. The molecule has 0 aromatic heterocycles. The summed E-state index contributed by atoms with van der Waals surface area (Å²) in [4.78, 5) is 2.02. The van der Waals surface area contributed by atoms with Gasteiger partial charge in [0.25, 0.3) is 0 Å². The Kier molecular flexibility index (Phi) is 3.61. The first kappa shape index (κ1) is 14.3. The van der Waals surface area contributed by atoms with Gasteiger partial charge in [0, 0.05) is 24.6 Å². The number of nitrogens with one attached hydrogen (secondary N) is 1. The standard InChI is InChI=1S/C16H22FN3O/c17-13-9-11(15(18)19)4-5-14(13)20-8-7-16(21)6-2-1-3-12(16)10-20/h4-5,9,12,21H,1-3,6-8,10H2,(H3,18,19). The average Bonchev–Trinajstić information content (AvgIpc) is 2.46. The van der Waals surface area contributed by atoms with Crippen molar-refractivity contribution in [1.29, 1.82) is 5.41 Å². The number of amidine groups is 1. The van der Waals surface area contributed by atoms with Crippen LogP contribution in [-0.2, 0) is 0 Å². The van der Waals surface area contributed by atoms with Crippen molar-refractivity contribution in [2.45, 2.75) is 37.7 Å². The molecule has 5 heteroatoms. The Hall–Kier alpha value is -1.62. The zero-order valence-electron chi connectivity index (χ0n) is 12.1. The van der Waals surface area contributed by atoms with Crippen molar-refractivity contribution >= 4 is 11.5 Å². The van der Waals surface area contributed by atoms with Crippen molar-refractivity contribution < 1.29 is 9.50 Å². The van der Waals surface area contributed by atoms with Crippen LogP contribution in [0.2, 0.25) is 0 Å². The number of benzene rings is 1. The maximum Gasteiger partial charge on any atom is 0.147 e. The van der Waals surface area contributed by atoms with Crippen molar-refractivity contribution in [2.24, 2.45) is 11.7 Å². The van der Waals surface area contributed by atoms with Crippen LogP contribution in [0.4, 0.5) is 10.1 Å². The van der Waals surface area contributed by atoms with Crippen LogP contribution in [0.15, 0.2) is 18.2 Å². The fourth-order valence-electron chi connectivity index (χ4n) is 3.72. The van der Waals surface area contributed by atoms with Gasteiger partial charge in [-0.1, -0.05) is 12.8 Å². The number of rotatable bonds is 2. The lowest BCUT2D eigenvalue weighted by Gasteiger charge is -2.48. The van der Waals surface area contributed by atoms with Crippen LogP contribution in [0.25, 0.3) is 0 Å². The van der Waals surface area contributed by atoms with E-state index in [1.54, 1.807) is 12.1 Å². The van der Waals surface area contributed by atoms with Gasteiger partial charge in [0.2, 0.25) is 0 Å². The smallest absolute Gasteiger partial charge is 0.147 e. The van der Waals surface area contributed by atoms with E-state index in [0.29, 0.717) is 30.8 Å². The predicted octanol–water partition coefficient (Wildman–Crippen LogP) is 2.24. The number of nitrogens with zero attached hydrogens (tertiary/aromatic N) is 1. The van der Waals surface area contributed by atoms with Gasteiger partial charge in [0.1, 0.15) is 11.7 Å². The van der Waals surface area contributed by atoms with Gasteiger partial charge in [-0.15, -0.1) is 0 Å². The Morgan fingerprint density at radius 3 is 2.90 bits per heavy atom. The topological polar surface area (TPSA) is 73.3 Å². The van der Waals surface area contributed by atoms with Crippen LogP contribution in [0.1, 0.15) is 37.7 Å². The summed E-state index contributed by atoms with van der Waals surface area (Å²) < 4.78 is 14.3. The first-order valence-corrected chi connectivity index (χ1v) is 7.61. The summed E-state index contributed by atoms with van der Waals surface area (Å²) in [5.41, 5.74) is 5.79. The van der Waals surface area contributed by atoms with Gasteiger partial charge in [-0.05, 0) is 37.5 Å². The van der Waals surface area contributed by atoms with E-state index in [4.69, 9.17) is 11.1 Å². The molecule has 0 spiro atoms. The number of nitrogen functional groups attached to an aromatic ring is 1. The molecule has 2 aliphatic rings. The van der Waals surface area contributed by atoms with E-state index in [9.17, 15) is 9.50 Å². The van der Waals surface area contributed by atoms with Crippen molar-refractivity contribution in [3.63, 3.8) is 0 Å². The summed E-state index contributed by atoms with van der Waals surface area (Å²) in [6, 6.07) is 4.70. The highest BCUT2D eigenvalue weighted by molar-refractivity contribution is 5.95. The summed E-state index contributed by atoms with van der Waals surface area (Å²) in [6.45, 7) is 1.37. The number of hydrogen-bond donors (Lipinski definition) is 3. The molecule has 0 amide bonds. The third-order valence-electron chi connectivity index (χ3n) is 5.03. The van der Waals surface area contributed by atoms with Crippen molar-refractivity contribution in [3.05, 3.63) is 29.6 Å². The molecule has 2 atom stereocenters. The van der Waals surface area contributed by atoms with E-state index in [1.165, 1.54) is 6.07 Å². The normalized spacial score (nSPS) is 29.0. The highest BCUT2D eigenvalue weighted by atomic mass is 19.1. The lowest BCUT2D eigenvalue weighted by molar-refractivity contribution is -0.0613. The fourth-order valence-corrected chi connectivity index (χ4v) is 3.72. The number of aliphatic hydroxyl groups is 1. The highest BCUT2D eigenvalue weighted by Gasteiger charge is 2.43. The van der Waals surface area contributed by atoms with Crippen LogP contribution < -0.4 is 10.6 Å². The fraction of sp³-hybridized carbons (Fsp3) is 0.562. The molecule has 114 valence electrons. The monoisotopic (exact) mass is 291 g/mol. The molecule has 2 unspecified atom stereocenters. The number of fused-ring (bicyclic) bond motifs is 1. The average molecular weight is 291 g/mol. The molecule has 1 saturated heterocycles. The van der Waals surface area contributed by atoms with Crippen LogP contribution in [0.5, 0.6) is 0 Å². The summed E-state index contributed by atoms with van der Waals surface area (Å²) in [5.74, 6) is -0.239. The van der Waals surface area contributed by atoms with E-state index in [0.717, 1.165) is 25.7 Å². The molecule has 1 aromatic rings. The highest BCUT2D eigenvalue weighted by Crippen LogP contribution is 2.41. The molecule has 1 heterocycles. The maximum absolute atomic E-state index is 14.3. The Labute approximate surface area is 124 Å². The minimum atomic E-state index is -0.551. The van der Waals surface area contributed by atoms with Crippen molar-refractivity contribution in [1.82, 2.24) is 0 Å². The van der Waals surface area contributed by atoms with E-state index in [-0.39, 0.29) is 17.6 Å². The summed E-state index contributed by atoms with van der Waals surface area (Å²) in [6.07, 6.45) is 4.82. The summed E-state index contributed by atoms with van der Waals surface area (Å²) in [7, 11) is 0. The molecule has 4 N–H and O–H groups in total. The van der Waals surface area contributed by atoms with Crippen LogP contribution in [0.3, 0.4) is 0 Å². The lowest BCUT2D eigenvalue weighted by atomic mass is 9.71. The molecule has 0 radical (unpaired) electrons. The molecule has 4 nitrogen and oxygen atoms in total. The second-order valence-corrected chi connectivity index (χ2v) is 6.32. The first-order chi connectivity index (χ1) is 9.99. The molecule has 1 aliphatic carbocycles. The van der Waals surface area contributed by atoms with Gasteiger partial charge in [0.15, 0.2) is 0 Å². The quantitative estimate of drug-likeness (QED) is 0.578. The van der Waals surface area contributed by atoms with Gasteiger partial charge in [-0.3, -0.25) is 5.41 Å². The van der Waals surface area contributed by atoms with E-state index < -0.39 is 5.60 Å². The second-order valence-electron chi connectivity index (χ2n) is 6.32. The minimum absolute atomic E-state index is 0.124. The molecule has 0 bridgehead atoms. The Morgan fingerprint density at radius 1 is 1.38 bits per heavy atom. The van der Waals surface area contributed by atoms with E-state index in [2.05, 4.69) is 0 Å². The van der Waals surface area contributed by atoms with Crippen LogP contribution in [-0.4, -0.2) is 29.6 Å². The van der Waals surface area contributed by atoms with Gasteiger partial charge in [-0.25, -0.2) is 4.39 Å². The number of piperidine rings is 1. The molecule has 3 rings (SSSR count). The Morgan fingerprint density at radius 2 is 2.19 bits per heavy atom. The number of halogens is 1. The summed E-state index contributed by atoms with van der Waals surface area (Å²) >= 11 is 0. The second kappa shape index (κ2) is 5.30. The van der Waals surface area contributed by atoms with Crippen LogP contribution in [0, 0.1) is 17.1 Å². The van der Waals surface area contributed by atoms with E-state index >= 15 is 0 Å². The van der Waals surface area contributed by atoms with Gasteiger partial charge in [-0.2, -0.15) is 0 Å². The zero-order valence-corrected chi connectivity index (χ0v) is 12.1. The van der Waals surface area contributed by atoms with Crippen molar-refractivity contribution in [3.8, 4) is 0 Å². The zero-order chi connectivity index (χ0) is 15.0. The SMILES string of the molecule is N=C(N)c1ccc(N2CCC3(O)CCCCC3C2)c(F)c1. The van der Waals surface area contributed by atoms with Crippen LogP contribution >= 0.6 is 0 Å². The third-order valence-corrected chi connectivity index (χ3v) is 5.03. The molecule has 1 aliphatic heterocycles. The Bertz CT molecular complexity index is 562. The molecule has 1 saturated carbocycles. The third kappa shape index (κ3) is 2.62. The number of nitrogens with two attached hydrogens (primary N) is 1. The Balaban J connectivity index is 1.81. The van der Waals surface area contributed by atoms with Gasteiger partial charge < -0.3 is 15.7 Å². The van der Waals surface area contributed by atoms with Gasteiger partial charge >= 0.3 is 0 Å². The minimum Gasteiger partial charge on any atom is -0.389 e. The predicted molar refractivity (Wildman–Crippen MR) is 81.2 cm³/mol. The molecular formula is C16H22FN3O. The molecule has 1 aromatic carbocycles.